The molecule has 6 aromatic rings. The quantitative estimate of drug-likeness (QED) is 0.278. The second kappa shape index (κ2) is 11.0. The number of rotatable bonds is 7. The lowest BCUT2D eigenvalue weighted by Crippen LogP contribution is -2.21. The number of carbonyl (C=O) groups excluding carboxylic acids is 2. The molecule has 2 amide bonds. The molecule has 13 nitrogen and oxygen atoms in total. The number of benzene rings is 2. The van der Waals surface area contributed by atoms with Crippen molar-refractivity contribution in [1.29, 1.82) is 0 Å². The molecule has 6 rings (SSSR count). The van der Waals surface area contributed by atoms with Crippen molar-refractivity contribution in [3.8, 4) is 16.8 Å². The first-order valence-electron chi connectivity index (χ1n) is 13.7. The van der Waals surface area contributed by atoms with E-state index in [0.29, 0.717) is 51.4 Å². The van der Waals surface area contributed by atoms with Gasteiger partial charge in [-0.3, -0.25) is 23.9 Å². The molecular weight excluding hydrogens is 566 g/mol. The monoisotopic (exact) mass is 593 g/mol. The van der Waals surface area contributed by atoms with Gasteiger partial charge in [0.2, 0.25) is 0 Å². The minimum absolute atomic E-state index is 0.0595. The molecule has 0 aliphatic rings. The number of nitrogens with one attached hydrogen (secondary N) is 2. The maximum absolute atomic E-state index is 13.8. The van der Waals surface area contributed by atoms with Gasteiger partial charge >= 0.3 is 0 Å². The highest BCUT2D eigenvalue weighted by atomic mass is 16.5. The van der Waals surface area contributed by atoms with E-state index < -0.39 is 11.8 Å². The molecule has 0 unspecified atom stereocenters. The Kier molecular flexibility index (Phi) is 7.05. The number of pyridine rings is 1. The standard InChI is InChI=1S/C31H27N7O6/c1-5-37-27-23(30(41)38(37)22-11-9-19(10-12-22)25-18(3)44-36(4)31(25)42)13-17(2)33-26(27)29(40)34-21-8-6-7-20(14-21)28(39)35-24-15-43-16-32-24/h6-16H,5H2,1-4H3,(H,34,40)(H,35,39). The van der Waals surface area contributed by atoms with Gasteiger partial charge in [-0.25, -0.2) is 9.67 Å². The van der Waals surface area contributed by atoms with E-state index in [1.54, 1.807) is 74.1 Å². The molecule has 222 valence electrons. The molecule has 0 bridgehead atoms. The molecule has 4 aromatic heterocycles. The van der Waals surface area contributed by atoms with Crippen molar-refractivity contribution >= 4 is 34.2 Å². The first-order chi connectivity index (χ1) is 21.2. The number of amides is 2. The summed E-state index contributed by atoms with van der Waals surface area (Å²) in [5.41, 5.74) is 2.63. The summed E-state index contributed by atoms with van der Waals surface area (Å²) >= 11 is 0. The number of aromatic nitrogens is 5. The molecule has 2 N–H and O–H groups in total. The van der Waals surface area contributed by atoms with Crippen LogP contribution in [0, 0.1) is 13.8 Å². The molecule has 4 heterocycles. The third-order valence-corrected chi connectivity index (χ3v) is 7.14. The highest BCUT2D eigenvalue weighted by molar-refractivity contribution is 6.11. The van der Waals surface area contributed by atoms with E-state index in [9.17, 15) is 19.2 Å². The average Bonchev–Trinajstić information content (AvgIpc) is 3.69. The highest BCUT2D eigenvalue weighted by Gasteiger charge is 2.23. The van der Waals surface area contributed by atoms with Crippen LogP contribution in [0.2, 0.25) is 0 Å². The Morgan fingerprint density at radius 2 is 1.73 bits per heavy atom. The van der Waals surface area contributed by atoms with Gasteiger partial charge in [-0.2, -0.15) is 9.72 Å². The normalized spacial score (nSPS) is 11.2. The van der Waals surface area contributed by atoms with Crippen LogP contribution < -0.4 is 21.8 Å². The van der Waals surface area contributed by atoms with Crippen LogP contribution in [0.5, 0.6) is 0 Å². The lowest BCUT2D eigenvalue weighted by molar-refractivity contribution is 0.101. The molecule has 0 radical (unpaired) electrons. The second-order valence-electron chi connectivity index (χ2n) is 10.1. The van der Waals surface area contributed by atoms with E-state index in [0.717, 1.165) is 0 Å². The van der Waals surface area contributed by atoms with Gasteiger partial charge in [0.15, 0.2) is 17.9 Å². The van der Waals surface area contributed by atoms with Gasteiger partial charge in [-0.05, 0) is 62.7 Å². The Bertz CT molecular complexity index is 2170. The average molecular weight is 594 g/mol. The third-order valence-electron chi connectivity index (χ3n) is 7.14. The molecule has 13 heteroatoms. The van der Waals surface area contributed by atoms with Crippen LogP contribution in [0.3, 0.4) is 0 Å². The van der Waals surface area contributed by atoms with Gasteiger partial charge in [0.1, 0.15) is 17.5 Å². The molecule has 0 saturated heterocycles. The summed E-state index contributed by atoms with van der Waals surface area (Å²) in [5, 5.41) is 5.75. The van der Waals surface area contributed by atoms with E-state index in [-0.39, 0.29) is 28.2 Å². The Morgan fingerprint density at radius 3 is 2.39 bits per heavy atom. The Morgan fingerprint density at radius 1 is 0.955 bits per heavy atom. The number of nitrogens with zero attached hydrogens (tertiary/aromatic N) is 5. The number of anilines is 2. The van der Waals surface area contributed by atoms with E-state index in [1.165, 1.54) is 28.1 Å². The summed E-state index contributed by atoms with van der Waals surface area (Å²) in [4.78, 5) is 61.0. The lowest BCUT2D eigenvalue weighted by atomic mass is 10.1. The highest BCUT2D eigenvalue weighted by Crippen LogP contribution is 2.25. The summed E-state index contributed by atoms with van der Waals surface area (Å²) in [5.74, 6) is -0.234. The van der Waals surface area contributed by atoms with Crippen LogP contribution >= 0.6 is 0 Å². The topological polar surface area (TPSA) is 159 Å². The van der Waals surface area contributed by atoms with Crippen LogP contribution in [0.15, 0.2) is 85.8 Å². The van der Waals surface area contributed by atoms with Crippen molar-refractivity contribution in [2.75, 3.05) is 10.6 Å². The number of oxazole rings is 1. The number of hydrogen-bond acceptors (Lipinski definition) is 8. The summed E-state index contributed by atoms with van der Waals surface area (Å²) in [6.07, 6.45) is 2.50. The first-order valence-corrected chi connectivity index (χ1v) is 13.7. The predicted molar refractivity (Wildman–Crippen MR) is 162 cm³/mol. The number of carbonyl (C=O) groups is 2. The first kappa shape index (κ1) is 28.2. The molecule has 0 aliphatic heterocycles. The Labute approximate surface area is 249 Å². The molecule has 0 fully saturated rings. The van der Waals surface area contributed by atoms with Gasteiger partial charge in [0.05, 0.1) is 16.6 Å². The lowest BCUT2D eigenvalue weighted by Gasteiger charge is -2.13. The van der Waals surface area contributed by atoms with Crippen molar-refractivity contribution in [1.82, 2.24) is 24.1 Å². The van der Waals surface area contributed by atoms with Crippen LogP contribution in [0.1, 0.15) is 39.2 Å². The van der Waals surface area contributed by atoms with E-state index in [4.69, 9.17) is 8.94 Å². The van der Waals surface area contributed by atoms with E-state index >= 15 is 0 Å². The fourth-order valence-electron chi connectivity index (χ4n) is 5.22. The van der Waals surface area contributed by atoms with E-state index in [1.807, 2.05) is 6.92 Å². The van der Waals surface area contributed by atoms with Crippen molar-refractivity contribution in [3.63, 3.8) is 0 Å². The van der Waals surface area contributed by atoms with Crippen molar-refractivity contribution in [2.45, 2.75) is 27.3 Å². The van der Waals surface area contributed by atoms with Gasteiger partial charge in [0.25, 0.3) is 22.9 Å². The molecule has 0 saturated carbocycles. The summed E-state index contributed by atoms with van der Waals surface area (Å²) in [6, 6.07) is 15.0. The van der Waals surface area contributed by atoms with Crippen LogP contribution in [0.4, 0.5) is 11.5 Å². The molecule has 0 aliphatic carbocycles. The zero-order valence-electron chi connectivity index (χ0n) is 24.2. The maximum Gasteiger partial charge on any atom is 0.290 e. The van der Waals surface area contributed by atoms with Crippen molar-refractivity contribution in [3.05, 3.63) is 111 Å². The summed E-state index contributed by atoms with van der Waals surface area (Å²) < 4.78 is 14.6. The molecule has 2 aromatic carbocycles. The third kappa shape index (κ3) is 4.89. The molecular formula is C31H27N7O6. The summed E-state index contributed by atoms with van der Waals surface area (Å²) in [6.45, 7) is 5.64. The Balaban J connectivity index is 1.37. The van der Waals surface area contributed by atoms with Crippen molar-refractivity contribution in [2.24, 2.45) is 7.05 Å². The van der Waals surface area contributed by atoms with Gasteiger partial charge < -0.3 is 19.6 Å². The second-order valence-corrected chi connectivity index (χ2v) is 10.1. The minimum atomic E-state index is -0.547. The number of aryl methyl sites for hydroxylation is 4. The number of hydrogen-bond donors (Lipinski definition) is 2. The largest absolute Gasteiger partial charge is 0.449 e. The zero-order chi connectivity index (χ0) is 31.1. The number of fused-ring (bicyclic) bond motifs is 1. The smallest absolute Gasteiger partial charge is 0.290 e. The van der Waals surface area contributed by atoms with E-state index in [2.05, 4.69) is 20.6 Å². The Hall–Kier alpha value is -5.98. The van der Waals surface area contributed by atoms with Gasteiger partial charge in [0, 0.05) is 30.5 Å². The van der Waals surface area contributed by atoms with Crippen LogP contribution in [0.25, 0.3) is 27.7 Å². The molecule has 0 spiro atoms. The summed E-state index contributed by atoms with van der Waals surface area (Å²) in [7, 11) is 1.55. The molecule has 44 heavy (non-hydrogen) atoms. The maximum atomic E-state index is 13.8. The SMILES string of the molecule is CCn1c2c(C(=O)Nc3cccc(C(=O)Nc4cocn4)c3)nc(C)cc2c(=O)n1-c1ccc(-c2c(C)on(C)c2=O)cc1. The van der Waals surface area contributed by atoms with Crippen LogP contribution in [-0.4, -0.2) is 35.9 Å². The fourth-order valence-corrected chi connectivity index (χ4v) is 5.22. The van der Waals surface area contributed by atoms with Gasteiger partial charge in [-0.15, -0.1) is 0 Å². The minimum Gasteiger partial charge on any atom is -0.449 e. The molecule has 0 atom stereocenters. The van der Waals surface area contributed by atoms with Crippen LogP contribution in [-0.2, 0) is 13.6 Å². The predicted octanol–water partition coefficient (Wildman–Crippen LogP) is 4.28. The zero-order valence-corrected chi connectivity index (χ0v) is 24.2. The van der Waals surface area contributed by atoms with Gasteiger partial charge in [-0.1, -0.05) is 18.2 Å². The fraction of sp³-hybridized carbons (Fsp3) is 0.161. The van der Waals surface area contributed by atoms with Crippen molar-refractivity contribution < 1.29 is 18.5 Å².